The van der Waals surface area contributed by atoms with Crippen LogP contribution in [0.25, 0.3) is 11.0 Å². The number of nitrogens with zero attached hydrogens (tertiary/aromatic N) is 4. The first-order valence-corrected chi connectivity index (χ1v) is 14.0. The molecule has 5 rings (SSSR count). The van der Waals surface area contributed by atoms with E-state index in [-0.39, 0.29) is 30.1 Å². The predicted molar refractivity (Wildman–Crippen MR) is 144 cm³/mol. The summed E-state index contributed by atoms with van der Waals surface area (Å²) < 4.78 is 20.9. The van der Waals surface area contributed by atoms with Gasteiger partial charge in [0.1, 0.15) is 35.6 Å². The summed E-state index contributed by atoms with van der Waals surface area (Å²) in [6.07, 6.45) is 4.71. The molecular formula is C26H37BrN6O5. The lowest BCUT2D eigenvalue weighted by molar-refractivity contribution is -0.163. The summed E-state index contributed by atoms with van der Waals surface area (Å²) in [5.41, 5.74) is 6.27. The van der Waals surface area contributed by atoms with Crippen molar-refractivity contribution in [1.82, 2.24) is 24.8 Å². The van der Waals surface area contributed by atoms with Gasteiger partial charge in [-0.15, -0.1) is 0 Å². The number of hydrogen-bond acceptors (Lipinski definition) is 8. The number of halogens is 1. The summed E-state index contributed by atoms with van der Waals surface area (Å²) in [6.45, 7) is 11.0. The maximum atomic E-state index is 13.5. The summed E-state index contributed by atoms with van der Waals surface area (Å²) in [4.78, 5) is 36.4. The van der Waals surface area contributed by atoms with E-state index in [2.05, 4.69) is 31.2 Å². The molecule has 1 aliphatic carbocycles. The quantitative estimate of drug-likeness (QED) is 0.549. The van der Waals surface area contributed by atoms with E-state index in [9.17, 15) is 9.59 Å². The molecule has 0 spiro atoms. The Balaban J connectivity index is 1.29. The largest absolute Gasteiger partial charge is 0.444 e. The van der Waals surface area contributed by atoms with Crippen LogP contribution in [0.2, 0.25) is 0 Å². The zero-order valence-electron chi connectivity index (χ0n) is 22.6. The summed E-state index contributed by atoms with van der Waals surface area (Å²) in [7, 11) is 0. The number of carbonyl (C=O) groups excluding carboxylic acids is 2. The topological polar surface area (TPSA) is 134 Å². The highest BCUT2D eigenvalue weighted by molar-refractivity contribution is 9.10. The van der Waals surface area contributed by atoms with Gasteiger partial charge in [0.15, 0.2) is 5.79 Å². The number of nitrogen functional groups attached to an aromatic ring is 1. The molecule has 2 aliphatic heterocycles. The van der Waals surface area contributed by atoms with Crippen molar-refractivity contribution in [3.63, 3.8) is 0 Å². The Morgan fingerprint density at radius 1 is 1.26 bits per heavy atom. The number of ether oxygens (including phenoxy) is 3. The number of anilines is 1. The monoisotopic (exact) mass is 592 g/mol. The Bertz CT molecular complexity index is 1230. The van der Waals surface area contributed by atoms with Crippen molar-refractivity contribution >= 4 is 44.8 Å². The Kier molecular flexibility index (Phi) is 7.10. The maximum Gasteiger partial charge on any atom is 0.410 e. The van der Waals surface area contributed by atoms with Crippen molar-refractivity contribution in [2.75, 3.05) is 25.4 Å². The minimum atomic E-state index is -0.808. The number of likely N-dealkylation sites (tertiary alicyclic amines) is 1. The third-order valence-electron chi connectivity index (χ3n) is 7.46. The Labute approximate surface area is 230 Å². The van der Waals surface area contributed by atoms with Gasteiger partial charge in [-0.2, -0.15) is 0 Å². The second-order valence-electron chi connectivity index (χ2n) is 12.0. The molecule has 5 atom stereocenters. The molecule has 0 unspecified atom stereocenters. The third-order valence-corrected chi connectivity index (χ3v) is 8.06. The maximum absolute atomic E-state index is 13.5. The van der Waals surface area contributed by atoms with E-state index in [1.165, 1.54) is 6.33 Å². The molecule has 2 saturated heterocycles. The highest BCUT2D eigenvalue weighted by Crippen LogP contribution is 2.48. The molecule has 1 saturated carbocycles. The van der Waals surface area contributed by atoms with Crippen LogP contribution in [0.3, 0.4) is 0 Å². The average Bonchev–Trinajstić information content (AvgIpc) is 3.45. The lowest BCUT2D eigenvalue weighted by Crippen LogP contribution is -2.46. The molecule has 208 valence electrons. The van der Waals surface area contributed by atoms with Crippen LogP contribution in [-0.4, -0.2) is 74.7 Å². The second kappa shape index (κ2) is 9.95. The Morgan fingerprint density at radius 3 is 2.74 bits per heavy atom. The number of piperidine rings is 1. The fourth-order valence-electron chi connectivity index (χ4n) is 5.90. The fraction of sp³-hybridized carbons (Fsp3) is 0.692. The lowest BCUT2D eigenvalue weighted by atomic mass is 9.97. The van der Waals surface area contributed by atoms with E-state index in [1.807, 2.05) is 45.4 Å². The molecule has 2 amide bonds. The molecule has 3 aliphatic rings. The van der Waals surface area contributed by atoms with Crippen molar-refractivity contribution in [2.45, 2.75) is 83.5 Å². The van der Waals surface area contributed by atoms with Gasteiger partial charge in [0.2, 0.25) is 5.91 Å². The normalized spacial score (nSPS) is 28.9. The lowest BCUT2D eigenvalue weighted by Gasteiger charge is -2.34. The molecule has 2 aromatic heterocycles. The molecular weight excluding hydrogens is 556 g/mol. The van der Waals surface area contributed by atoms with Crippen LogP contribution in [0.4, 0.5) is 10.6 Å². The highest BCUT2D eigenvalue weighted by atomic mass is 79.9. The standard InChI is InChI=1S/C26H37BrN6O5/c1-25(2,3)38-24(35)32-8-6-7-14(11-32)10-29-23(34)15-9-17(20-19(15)36-26(4,5)37-20)33-12-16(27)18-21(28)30-13-31-22(18)33/h12-15,17,19-20H,6-11H2,1-5H3,(H,29,34)(H2,28,30,31)/t14-,15-,17+,19+,20-/m0/s1. The molecule has 38 heavy (non-hydrogen) atoms. The minimum Gasteiger partial charge on any atom is -0.444 e. The van der Waals surface area contributed by atoms with E-state index in [0.717, 1.165) is 22.7 Å². The zero-order chi connectivity index (χ0) is 27.4. The SMILES string of the molecule is CC(C)(C)OC(=O)N1CCC[C@@H](CNC(=O)[C@H]2C[C@@H](n3cc(Br)c4c(N)ncnc43)[C@@H]3OC(C)(C)O[C@@H]32)C1. The minimum absolute atomic E-state index is 0.0668. The molecule has 3 N–H and O–H groups in total. The number of nitrogens with two attached hydrogens (primary N) is 1. The molecule has 0 aromatic carbocycles. The molecule has 2 aromatic rings. The molecule has 3 fully saturated rings. The zero-order valence-corrected chi connectivity index (χ0v) is 24.2. The highest BCUT2D eigenvalue weighted by Gasteiger charge is 2.57. The van der Waals surface area contributed by atoms with Crippen LogP contribution in [0.15, 0.2) is 17.0 Å². The molecule has 4 heterocycles. The van der Waals surface area contributed by atoms with Crippen LogP contribution >= 0.6 is 15.9 Å². The van der Waals surface area contributed by atoms with Gasteiger partial charge in [-0.1, -0.05) is 0 Å². The van der Waals surface area contributed by atoms with Gasteiger partial charge in [-0.05, 0) is 75.7 Å². The van der Waals surface area contributed by atoms with Crippen molar-refractivity contribution in [3.05, 3.63) is 17.0 Å². The second-order valence-corrected chi connectivity index (χ2v) is 12.9. The van der Waals surface area contributed by atoms with E-state index in [1.54, 1.807) is 4.90 Å². The third kappa shape index (κ3) is 5.35. The Morgan fingerprint density at radius 2 is 2.00 bits per heavy atom. The number of hydrogen-bond donors (Lipinski definition) is 2. The van der Waals surface area contributed by atoms with Crippen LogP contribution in [0, 0.1) is 11.8 Å². The van der Waals surface area contributed by atoms with Gasteiger partial charge in [0.25, 0.3) is 0 Å². The summed E-state index contributed by atoms with van der Waals surface area (Å²) >= 11 is 3.59. The summed E-state index contributed by atoms with van der Waals surface area (Å²) in [5, 5.41) is 3.89. The number of amides is 2. The average molecular weight is 594 g/mol. The van der Waals surface area contributed by atoms with Crippen molar-refractivity contribution in [2.24, 2.45) is 11.8 Å². The Hall–Kier alpha value is -2.44. The van der Waals surface area contributed by atoms with Gasteiger partial charge in [0.05, 0.1) is 17.3 Å². The van der Waals surface area contributed by atoms with Crippen LogP contribution in [-0.2, 0) is 19.0 Å². The first-order chi connectivity index (χ1) is 17.8. The van der Waals surface area contributed by atoms with Crippen molar-refractivity contribution in [1.29, 1.82) is 0 Å². The first kappa shape index (κ1) is 27.1. The number of fused-ring (bicyclic) bond motifs is 2. The summed E-state index contributed by atoms with van der Waals surface area (Å²) in [5.74, 6) is -0.718. The first-order valence-electron chi connectivity index (χ1n) is 13.2. The van der Waals surface area contributed by atoms with Crippen molar-refractivity contribution < 1.29 is 23.8 Å². The molecule has 0 bridgehead atoms. The van der Waals surface area contributed by atoms with E-state index >= 15 is 0 Å². The van der Waals surface area contributed by atoms with Gasteiger partial charge in [-0.25, -0.2) is 14.8 Å². The van der Waals surface area contributed by atoms with Crippen LogP contribution in [0.5, 0.6) is 0 Å². The van der Waals surface area contributed by atoms with Crippen LogP contribution in [0.1, 0.15) is 59.9 Å². The van der Waals surface area contributed by atoms with E-state index in [4.69, 9.17) is 19.9 Å². The number of nitrogens with one attached hydrogen (secondary N) is 1. The predicted octanol–water partition coefficient (Wildman–Crippen LogP) is 3.62. The van der Waals surface area contributed by atoms with E-state index < -0.39 is 23.4 Å². The molecule has 0 radical (unpaired) electrons. The number of carbonyl (C=O) groups is 2. The van der Waals surface area contributed by atoms with Gasteiger partial charge < -0.3 is 34.7 Å². The van der Waals surface area contributed by atoms with Crippen molar-refractivity contribution in [3.8, 4) is 0 Å². The number of rotatable bonds is 4. The molecule has 12 heteroatoms. The summed E-state index contributed by atoms with van der Waals surface area (Å²) in [6, 6.07) is -0.169. The molecule has 11 nitrogen and oxygen atoms in total. The fourth-order valence-corrected chi connectivity index (χ4v) is 6.50. The number of aromatic nitrogens is 3. The van der Waals surface area contributed by atoms with E-state index in [0.29, 0.717) is 37.5 Å². The van der Waals surface area contributed by atoms with Gasteiger partial charge in [-0.3, -0.25) is 4.79 Å². The van der Waals surface area contributed by atoms with Gasteiger partial charge in [0, 0.05) is 30.3 Å². The van der Waals surface area contributed by atoms with Gasteiger partial charge >= 0.3 is 6.09 Å². The smallest absolute Gasteiger partial charge is 0.410 e. The van der Waals surface area contributed by atoms with Crippen LogP contribution < -0.4 is 11.1 Å².